The predicted octanol–water partition coefficient (Wildman–Crippen LogP) is 4.28. The molecule has 1 fully saturated rings. The lowest BCUT2D eigenvalue weighted by molar-refractivity contribution is -0.120. The average molecular weight is 302 g/mol. The number of ketones is 1. The fourth-order valence-electron chi connectivity index (χ4n) is 2.32. The third-order valence-corrected chi connectivity index (χ3v) is 5.98. The summed E-state index contributed by atoms with van der Waals surface area (Å²) in [4.78, 5) is 11.9. The summed E-state index contributed by atoms with van der Waals surface area (Å²) in [6.07, 6.45) is 1.25. The van der Waals surface area contributed by atoms with Gasteiger partial charge in [-0.05, 0) is 24.3 Å². The number of nitrogens with zero attached hydrogens (tertiary/aromatic N) is 1. The summed E-state index contributed by atoms with van der Waals surface area (Å²) in [5, 5.41) is 11.7. The summed E-state index contributed by atoms with van der Waals surface area (Å²) in [5.74, 6) is -0.783. The lowest BCUT2D eigenvalue weighted by Gasteiger charge is -2.06. The van der Waals surface area contributed by atoms with E-state index in [1.54, 1.807) is 0 Å². The molecule has 2 rings (SSSR count). The molecule has 0 spiro atoms. The molecule has 1 heterocycles. The highest BCUT2D eigenvalue weighted by Crippen LogP contribution is 2.66. The van der Waals surface area contributed by atoms with Crippen LogP contribution in [-0.2, 0) is 9.67 Å². The van der Waals surface area contributed by atoms with Gasteiger partial charge in [-0.3, -0.25) is 4.79 Å². The molecular formula is C13H13Cl2NOS. The second-order valence-corrected chi connectivity index (χ2v) is 6.51. The number of Topliss-reactive ketones (excluding diaryl/α,β-unsaturated/α-hetero) is 1. The van der Waals surface area contributed by atoms with Crippen LogP contribution < -0.4 is 0 Å². The van der Waals surface area contributed by atoms with Gasteiger partial charge in [0.15, 0.2) is 0 Å². The van der Waals surface area contributed by atoms with Crippen LogP contribution in [0.15, 0.2) is 5.38 Å². The van der Waals surface area contributed by atoms with Gasteiger partial charge in [-0.2, -0.15) is 5.26 Å². The van der Waals surface area contributed by atoms with Crippen molar-refractivity contribution in [3.63, 3.8) is 0 Å². The second-order valence-electron chi connectivity index (χ2n) is 4.63. The molecule has 0 radical (unpaired) electrons. The lowest BCUT2D eigenvalue weighted by atomic mass is 10.1. The topological polar surface area (TPSA) is 40.9 Å². The van der Waals surface area contributed by atoms with E-state index in [0.29, 0.717) is 11.4 Å². The highest BCUT2D eigenvalue weighted by molar-refractivity contribution is 7.11. The molecule has 1 aromatic heterocycles. The van der Waals surface area contributed by atoms with Gasteiger partial charge in [0, 0.05) is 11.3 Å². The number of hydrogen-bond donors (Lipinski definition) is 0. The number of carbonyl (C=O) groups is 1. The first kappa shape index (κ1) is 13.9. The second kappa shape index (κ2) is 4.85. The Labute approximate surface area is 121 Å². The van der Waals surface area contributed by atoms with Crippen molar-refractivity contribution in [1.82, 2.24) is 0 Å². The van der Waals surface area contributed by atoms with E-state index in [0.717, 1.165) is 16.9 Å². The zero-order valence-corrected chi connectivity index (χ0v) is 12.5. The van der Waals surface area contributed by atoms with Crippen molar-refractivity contribution < 1.29 is 4.79 Å². The monoisotopic (exact) mass is 301 g/mol. The maximum atomic E-state index is 12.0. The van der Waals surface area contributed by atoms with Crippen LogP contribution in [-0.4, -0.2) is 5.78 Å². The largest absolute Gasteiger partial charge is 0.299 e. The summed E-state index contributed by atoms with van der Waals surface area (Å²) >= 11 is 14.2. The van der Waals surface area contributed by atoms with E-state index in [9.17, 15) is 4.79 Å². The molecule has 1 saturated carbocycles. The fourth-order valence-corrected chi connectivity index (χ4v) is 4.48. The smallest absolute Gasteiger partial charge is 0.139 e. The molecule has 0 aliphatic heterocycles. The van der Waals surface area contributed by atoms with Gasteiger partial charge in [0.1, 0.15) is 10.7 Å². The summed E-state index contributed by atoms with van der Waals surface area (Å²) in [5.41, 5.74) is 0.946. The Morgan fingerprint density at radius 1 is 1.67 bits per heavy atom. The lowest BCUT2D eigenvalue weighted by Crippen LogP contribution is -2.08. The Morgan fingerprint density at radius 3 is 2.78 bits per heavy atom. The molecule has 0 bridgehead atoms. The molecule has 18 heavy (non-hydrogen) atoms. The Hall–Kier alpha value is -0.560. The van der Waals surface area contributed by atoms with Crippen LogP contribution >= 0.6 is 34.5 Å². The van der Waals surface area contributed by atoms with E-state index in [4.69, 9.17) is 28.5 Å². The van der Waals surface area contributed by atoms with Crippen LogP contribution in [0.1, 0.15) is 30.2 Å². The van der Waals surface area contributed by atoms with Crippen LogP contribution in [0.3, 0.4) is 0 Å². The molecule has 3 unspecified atom stereocenters. The van der Waals surface area contributed by atoms with E-state index < -0.39 is 16.7 Å². The van der Waals surface area contributed by atoms with Gasteiger partial charge < -0.3 is 0 Å². The standard InChI is InChI=1S/C13H13Cl2NOS/c1-3-4-9(17)10-8(5-16)13(10,15)12-11(14)7(2)6-18-12/h6,8,10H,3-4H2,1-2H3. The number of hydrogen-bond acceptors (Lipinski definition) is 3. The number of thiophene rings is 1. The Kier molecular flexibility index (Phi) is 3.73. The van der Waals surface area contributed by atoms with Crippen molar-refractivity contribution in [3.8, 4) is 6.07 Å². The molecule has 5 heteroatoms. The van der Waals surface area contributed by atoms with Gasteiger partial charge in [0.05, 0.1) is 22.9 Å². The quantitative estimate of drug-likeness (QED) is 0.779. The minimum Gasteiger partial charge on any atom is -0.299 e. The van der Waals surface area contributed by atoms with E-state index in [-0.39, 0.29) is 5.78 Å². The molecule has 2 nitrogen and oxygen atoms in total. The molecule has 3 atom stereocenters. The maximum absolute atomic E-state index is 12.0. The Morgan fingerprint density at radius 2 is 2.33 bits per heavy atom. The van der Waals surface area contributed by atoms with Crippen molar-refractivity contribution in [2.24, 2.45) is 11.8 Å². The van der Waals surface area contributed by atoms with Crippen LogP contribution in [0.4, 0.5) is 0 Å². The Bertz CT molecular complexity index is 534. The number of halogens is 2. The normalized spacial score (nSPS) is 29.9. The van der Waals surface area contributed by atoms with Crippen molar-refractivity contribution in [2.45, 2.75) is 31.6 Å². The van der Waals surface area contributed by atoms with Gasteiger partial charge in [-0.15, -0.1) is 22.9 Å². The maximum Gasteiger partial charge on any atom is 0.139 e. The molecule has 1 aliphatic carbocycles. The van der Waals surface area contributed by atoms with Gasteiger partial charge in [0.25, 0.3) is 0 Å². The van der Waals surface area contributed by atoms with Crippen molar-refractivity contribution >= 4 is 40.3 Å². The first-order chi connectivity index (χ1) is 8.48. The Balaban J connectivity index is 2.35. The SMILES string of the molecule is CCCC(=O)C1C(C#N)C1(Cl)c1scc(C)c1Cl. The summed E-state index contributed by atoms with van der Waals surface area (Å²) in [6, 6.07) is 2.15. The zero-order valence-electron chi connectivity index (χ0n) is 10.2. The first-order valence-electron chi connectivity index (χ1n) is 5.83. The molecule has 96 valence electrons. The van der Waals surface area contributed by atoms with Crippen molar-refractivity contribution in [2.75, 3.05) is 0 Å². The number of carbonyl (C=O) groups excluding carboxylic acids is 1. The van der Waals surface area contributed by atoms with E-state index in [1.165, 1.54) is 11.3 Å². The molecule has 1 aromatic rings. The zero-order chi connectivity index (χ0) is 13.5. The summed E-state index contributed by atoms with van der Waals surface area (Å²) in [6.45, 7) is 3.84. The molecule has 0 saturated heterocycles. The number of nitriles is 1. The van der Waals surface area contributed by atoms with Crippen LogP contribution in [0.2, 0.25) is 5.02 Å². The van der Waals surface area contributed by atoms with Gasteiger partial charge in [-0.1, -0.05) is 18.5 Å². The fraction of sp³-hybridized carbons (Fsp3) is 0.538. The molecule has 1 aliphatic rings. The van der Waals surface area contributed by atoms with Crippen LogP contribution in [0.25, 0.3) is 0 Å². The van der Waals surface area contributed by atoms with Crippen molar-refractivity contribution in [1.29, 1.82) is 5.26 Å². The first-order valence-corrected chi connectivity index (χ1v) is 7.47. The molecule has 0 amide bonds. The number of rotatable bonds is 4. The summed E-state index contributed by atoms with van der Waals surface area (Å²) < 4.78 is 0. The highest BCUT2D eigenvalue weighted by Gasteiger charge is 2.69. The molecular weight excluding hydrogens is 289 g/mol. The number of alkyl halides is 1. The number of aryl methyl sites for hydroxylation is 1. The van der Waals surface area contributed by atoms with Gasteiger partial charge in [0.2, 0.25) is 0 Å². The predicted molar refractivity (Wildman–Crippen MR) is 74.1 cm³/mol. The van der Waals surface area contributed by atoms with E-state index in [1.807, 2.05) is 19.2 Å². The molecule has 0 N–H and O–H groups in total. The third kappa shape index (κ3) is 1.87. The van der Waals surface area contributed by atoms with Crippen molar-refractivity contribution in [3.05, 3.63) is 20.8 Å². The van der Waals surface area contributed by atoms with E-state index in [2.05, 4.69) is 6.07 Å². The minimum atomic E-state index is -0.892. The summed E-state index contributed by atoms with van der Waals surface area (Å²) in [7, 11) is 0. The molecule has 0 aromatic carbocycles. The van der Waals surface area contributed by atoms with E-state index >= 15 is 0 Å². The average Bonchev–Trinajstić information content (AvgIpc) is 2.81. The minimum absolute atomic E-state index is 0.0705. The van der Waals surface area contributed by atoms with Gasteiger partial charge in [-0.25, -0.2) is 0 Å². The third-order valence-electron chi connectivity index (χ3n) is 3.36. The van der Waals surface area contributed by atoms with Gasteiger partial charge >= 0.3 is 0 Å². The van der Waals surface area contributed by atoms with Crippen LogP contribution in [0, 0.1) is 30.1 Å². The highest BCUT2D eigenvalue weighted by atomic mass is 35.5. The van der Waals surface area contributed by atoms with Crippen LogP contribution in [0.5, 0.6) is 0 Å².